The highest BCUT2D eigenvalue weighted by Gasteiger charge is 2.30. The normalized spacial score (nSPS) is 19.7. The molecule has 0 saturated heterocycles. The number of aromatic amines is 1. The zero-order chi connectivity index (χ0) is 31.9. The third-order valence-corrected chi connectivity index (χ3v) is 8.74. The summed E-state index contributed by atoms with van der Waals surface area (Å²) in [6.45, 7) is 10.2. The summed E-state index contributed by atoms with van der Waals surface area (Å²) in [7, 11) is 0. The van der Waals surface area contributed by atoms with Gasteiger partial charge < -0.3 is 24.5 Å². The van der Waals surface area contributed by atoms with Crippen LogP contribution in [0.25, 0.3) is 11.0 Å². The summed E-state index contributed by atoms with van der Waals surface area (Å²) in [6.07, 6.45) is 3.04. The van der Waals surface area contributed by atoms with E-state index in [0.717, 1.165) is 54.6 Å². The molecule has 1 saturated carbocycles. The number of aliphatic hydroxyl groups is 1. The SMILES string of the molecule is CC(C)NC(=O)[C@H]1CC[C@@H](n2/c(=N/C(=O)c3ccc(F)cc3)[nH]c3ccc(CN4CCn5c(nnc5C(C)(C)O)C4)cc32)CC1. The molecule has 45 heavy (non-hydrogen) atoms. The second-order valence-corrected chi connectivity index (χ2v) is 13.1. The number of rotatable bonds is 7. The van der Waals surface area contributed by atoms with Gasteiger partial charge in [-0.3, -0.25) is 14.5 Å². The molecule has 1 aliphatic carbocycles. The van der Waals surface area contributed by atoms with Crippen LogP contribution in [0.2, 0.25) is 0 Å². The number of amides is 2. The van der Waals surface area contributed by atoms with Gasteiger partial charge in [0.2, 0.25) is 11.5 Å². The van der Waals surface area contributed by atoms with Gasteiger partial charge in [-0.05, 0) is 95.3 Å². The van der Waals surface area contributed by atoms with Crippen LogP contribution in [0.4, 0.5) is 4.39 Å². The summed E-state index contributed by atoms with van der Waals surface area (Å²) in [5.41, 5.74) is 2.60. The van der Waals surface area contributed by atoms with Crippen LogP contribution in [-0.2, 0) is 30.0 Å². The molecule has 0 spiro atoms. The summed E-state index contributed by atoms with van der Waals surface area (Å²) < 4.78 is 17.6. The molecule has 2 amide bonds. The minimum Gasteiger partial charge on any atom is -0.382 e. The van der Waals surface area contributed by atoms with Gasteiger partial charge in [0, 0.05) is 43.2 Å². The van der Waals surface area contributed by atoms with Crippen LogP contribution in [0, 0.1) is 11.7 Å². The number of H-pyrrole nitrogens is 1. The molecular weight excluding hydrogens is 575 g/mol. The molecule has 0 radical (unpaired) electrons. The van der Waals surface area contributed by atoms with E-state index in [4.69, 9.17) is 0 Å². The molecule has 3 N–H and O–H groups in total. The van der Waals surface area contributed by atoms with Crippen LogP contribution in [0.1, 0.15) is 87.0 Å². The maximum Gasteiger partial charge on any atom is 0.280 e. The van der Waals surface area contributed by atoms with Gasteiger partial charge in [0.25, 0.3) is 5.91 Å². The monoisotopic (exact) mass is 616 g/mol. The first-order chi connectivity index (χ1) is 21.5. The number of carbonyl (C=O) groups is 2. The lowest BCUT2D eigenvalue weighted by molar-refractivity contribution is -0.126. The molecule has 6 rings (SSSR count). The highest BCUT2D eigenvalue weighted by Crippen LogP contribution is 2.34. The van der Waals surface area contributed by atoms with Crippen molar-refractivity contribution in [3.05, 3.63) is 76.7 Å². The van der Waals surface area contributed by atoms with Crippen molar-refractivity contribution in [1.29, 1.82) is 0 Å². The third-order valence-electron chi connectivity index (χ3n) is 8.74. The topological polar surface area (TPSA) is 133 Å². The predicted molar refractivity (Wildman–Crippen MR) is 166 cm³/mol. The molecule has 0 atom stereocenters. The molecule has 1 aliphatic heterocycles. The fourth-order valence-corrected chi connectivity index (χ4v) is 6.53. The van der Waals surface area contributed by atoms with E-state index in [2.05, 4.69) is 47.1 Å². The van der Waals surface area contributed by atoms with Crippen molar-refractivity contribution < 1.29 is 19.1 Å². The van der Waals surface area contributed by atoms with Gasteiger partial charge in [0.05, 0.1) is 17.6 Å². The first-order valence-electron chi connectivity index (χ1n) is 15.7. The Bertz CT molecular complexity index is 1770. The van der Waals surface area contributed by atoms with E-state index in [1.165, 1.54) is 24.3 Å². The Morgan fingerprint density at radius 2 is 1.82 bits per heavy atom. The molecule has 12 heteroatoms. The Morgan fingerprint density at radius 1 is 1.09 bits per heavy atom. The quantitative estimate of drug-likeness (QED) is 0.288. The van der Waals surface area contributed by atoms with Crippen molar-refractivity contribution in [3.8, 4) is 0 Å². The number of benzene rings is 2. The molecule has 1 fully saturated rings. The molecule has 0 bridgehead atoms. The van der Waals surface area contributed by atoms with Crippen LogP contribution >= 0.6 is 0 Å². The molecule has 238 valence electrons. The van der Waals surface area contributed by atoms with E-state index in [1.54, 1.807) is 13.8 Å². The van der Waals surface area contributed by atoms with E-state index in [0.29, 0.717) is 36.6 Å². The van der Waals surface area contributed by atoms with Gasteiger partial charge in [-0.1, -0.05) is 6.07 Å². The lowest BCUT2D eigenvalue weighted by Crippen LogP contribution is -2.38. The van der Waals surface area contributed by atoms with E-state index in [-0.39, 0.29) is 23.9 Å². The zero-order valence-corrected chi connectivity index (χ0v) is 26.3. The van der Waals surface area contributed by atoms with Gasteiger partial charge in [0.15, 0.2) is 5.82 Å². The van der Waals surface area contributed by atoms with Gasteiger partial charge in [0.1, 0.15) is 17.2 Å². The van der Waals surface area contributed by atoms with Gasteiger partial charge in [-0.2, -0.15) is 4.99 Å². The minimum absolute atomic E-state index is 0.0377. The molecule has 2 aromatic carbocycles. The Morgan fingerprint density at radius 3 is 2.51 bits per heavy atom. The first kappa shape index (κ1) is 30.8. The number of nitrogens with one attached hydrogen (secondary N) is 2. The third kappa shape index (κ3) is 6.62. The Labute approximate surface area is 261 Å². The van der Waals surface area contributed by atoms with Crippen LogP contribution in [0.5, 0.6) is 0 Å². The standard InChI is InChI=1S/C33H41FN8O3/c1-20(2)35-29(43)23-8-12-25(13-9-23)42-27-17-21(18-40-15-16-41-28(19-40)38-39-31(41)33(3,4)45)5-14-26(27)36-32(42)37-30(44)22-6-10-24(34)11-7-22/h5-7,10-11,14,17,20,23,25,45H,8-9,12-13,15-16,18-19H2,1-4H3,(H,35,43)(H,36,37,44)/t23-,25+. The predicted octanol–water partition coefficient (Wildman–Crippen LogP) is 3.94. The summed E-state index contributed by atoms with van der Waals surface area (Å²) >= 11 is 0. The van der Waals surface area contributed by atoms with Crippen LogP contribution in [-0.4, -0.2) is 58.7 Å². The fourth-order valence-electron chi connectivity index (χ4n) is 6.53. The number of fused-ring (bicyclic) bond motifs is 2. The number of halogens is 1. The Hall–Kier alpha value is -4.16. The molecule has 3 heterocycles. The molecule has 0 unspecified atom stereocenters. The van der Waals surface area contributed by atoms with Crippen molar-refractivity contribution >= 4 is 22.8 Å². The lowest BCUT2D eigenvalue weighted by atomic mass is 9.85. The van der Waals surface area contributed by atoms with E-state index in [9.17, 15) is 19.1 Å². The Balaban J connectivity index is 1.30. The number of imidazole rings is 1. The average Bonchev–Trinajstić information content (AvgIpc) is 3.58. The number of hydrogen-bond donors (Lipinski definition) is 3. The van der Waals surface area contributed by atoms with Crippen LogP contribution in [0.3, 0.4) is 0 Å². The summed E-state index contributed by atoms with van der Waals surface area (Å²) in [4.78, 5) is 36.0. The van der Waals surface area contributed by atoms with Gasteiger partial charge in [-0.15, -0.1) is 10.2 Å². The number of hydrogen-bond acceptors (Lipinski definition) is 6. The van der Waals surface area contributed by atoms with Crippen molar-refractivity contribution in [1.82, 2.24) is 34.5 Å². The van der Waals surface area contributed by atoms with Crippen molar-refractivity contribution in [2.75, 3.05) is 6.54 Å². The average molecular weight is 617 g/mol. The van der Waals surface area contributed by atoms with Crippen LogP contribution in [0.15, 0.2) is 47.5 Å². The smallest absolute Gasteiger partial charge is 0.280 e. The van der Waals surface area contributed by atoms with Crippen molar-refractivity contribution in [2.24, 2.45) is 10.9 Å². The molecule has 11 nitrogen and oxygen atoms in total. The first-order valence-corrected chi connectivity index (χ1v) is 15.7. The van der Waals surface area contributed by atoms with E-state index >= 15 is 0 Å². The second-order valence-electron chi connectivity index (χ2n) is 13.1. The summed E-state index contributed by atoms with van der Waals surface area (Å²) in [5.74, 6) is 0.597. The second kappa shape index (κ2) is 12.3. The molecule has 2 aromatic heterocycles. The Kier molecular flexibility index (Phi) is 8.45. The van der Waals surface area contributed by atoms with E-state index < -0.39 is 17.3 Å². The highest BCUT2D eigenvalue weighted by atomic mass is 19.1. The summed E-state index contributed by atoms with van der Waals surface area (Å²) in [6, 6.07) is 11.8. The highest BCUT2D eigenvalue weighted by molar-refractivity contribution is 5.95. The van der Waals surface area contributed by atoms with Gasteiger partial charge >= 0.3 is 0 Å². The largest absolute Gasteiger partial charge is 0.382 e. The zero-order valence-electron chi connectivity index (χ0n) is 26.3. The summed E-state index contributed by atoms with van der Waals surface area (Å²) in [5, 5.41) is 22.1. The van der Waals surface area contributed by atoms with Crippen molar-refractivity contribution in [3.63, 3.8) is 0 Å². The lowest BCUT2D eigenvalue weighted by Gasteiger charge is -2.30. The van der Waals surface area contributed by atoms with Crippen molar-refractivity contribution in [2.45, 2.75) is 90.7 Å². The maximum absolute atomic E-state index is 13.5. The maximum atomic E-state index is 13.5. The number of nitrogens with zero attached hydrogens (tertiary/aromatic N) is 6. The molecule has 2 aliphatic rings. The number of aromatic nitrogens is 5. The number of carbonyl (C=O) groups excluding carboxylic acids is 2. The molecular formula is C33H41FN8O3. The van der Waals surface area contributed by atoms with Gasteiger partial charge in [-0.25, -0.2) is 4.39 Å². The van der Waals surface area contributed by atoms with Crippen LogP contribution < -0.4 is 10.9 Å². The molecule has 4 aromatic rings. The van der Waals surface area contributed by atoms with E-state index in [1.807, 2.05) is 24.5 Å². The minimum atomic E-state index is -1.06. The fraction of sp³-hybridized carbons (Fsp3) is 0.485.